The second kappa shape index (κ2) is 5.70. The molecule has 5 nitrogen and oxygen atoms in total. The van der Waals surface area contributed by atoms with Gasteiger partial charge in [-0.3, -0.25) is 10.1 Å². The molecule has 0 aliphatic carbocycles. The molecular formula is C13H17F2N3O2. The number of rotatable bonds is 3. The van der Waals surface area contributed by atoms with Gasteiger partial charge in [0.2, 0.25) is 0 Å². The van der Waals surface area contributed by atoms with Gasteiger partial charge in [-0.05, 0) is 32.3 Å². The Morgan fingerprint density at radius 3 is 2.75 bits per heavy atom. The van der Waals surface area contributed by atoms with Crippen molar-refractivity contribution in [3.63, 3.8) is 0 Å². The molecule has 7 heteroatoms. The molecule has 0 aromatic heterocycles. The smallest absolute Gasteiger partial charge is 0.295 e. The van der Waals surface area contributed by atoms with E-state index < -0.39 is 22.2 Å². The fourth-order valence-electron chi connectivity index (χ4n) is 2.73. The van der Waals surface area contributed by atoms with Crippen LogP contribution in [0.2, 0.25) is 0 Å². The highest BCUT2D eigenvalue weighted by molar-refractivity contribution is 5.65. The summed E-state index contributed by atoms with van der Waals surface area (Å²) in [6.45, 7) is 2.21. The molecule has 20 heavy (non-hydrogen) atoms. The second-order valence-electron chi connectivity index (χ2n) is 5.10. The summed E-state index contributed by atoms with van der Waals surface area (Å²) >= 11 is 0. The van der Waals surface area contributed by atoms with Crippen molar-refractivity contribution in [3.8, 4) is 0 Å². The summed E-state index contributed by atoms with van der Waals surface area (Å²) in [5.41, 5.74) is 5.18. The van der Waals surface area contributed by atoms with E-state index in [0.29, 0.717) is 13.0 Å². The maximum absolute atomic E-state index is 14.1. The maximum Gasteiger partial charge on any atom is 0.295 e. The average Bonchev–Trinajstić information content (AvgIpc) is 2.41. The lowest BCUT2D eigenvalue weighted by Crippen LogP contribution is -2.49. The molecule has 1 aliphatic rings. The third-order valence-corrected chi connectivity index (χ3v) is 3.69. The minimum absolute atomic E-state index is 0.223. The van der Waals surface area contributed by atoms with Gasteiger partial charge in [0.05, 0.1) is 4.92 Å². The topological polar surface area (TPSA) is 72.4 Å². The summed E-state index contributed by atoms with van der Waals surface area (Å²) in [5.74, 6) is -2.26. The molecule has 1 aromatic carbocycles. The highest BCUT2D eigenvalue weighted by atomic mass is 19.2. The van der Waals surface area contributed by atoms with Crippen LogP contribution in [0.25, 0.3) is 0 Å². The molecular weight excluding hydrogens is 268 g/mol. The SMILES string of the molecule is CC(N)C1CCCCN1c1c([N+](=O)[O-])ccc(F)c1F. The molecule has 2 N–H and O–H groups in total. The van der Waals surface area contributed by atoms with Crippen molar-refractivity contribution < 1.29 is 13.7 Å². The molecule has 1 aromatic rings. The Kier molecular flexibility index (Phi) is 4.17. The van der Waals surface area contributed by atoms with Crippen molar-refractivity contribution in [1.29, 1.82) is 0 Å². The van der Waals surface area contributed by atoms with Crippen molar-refractivity contribution in [2.45, 2.75) is 38.3 Å². The van der Waals surface area contributed by atoms with Crippen molar-refractivity contribution in [2.24, 2.45) is 5.73 Å². The minimum Gasteiger partial charge on any atom is -0.359 e. The van der Waals surface area contributed by atoms with Gasteiger partial charge in [-0.1, -0.05) is 0 Å². The van der Waals surface area contributed by atoms with Gasteiger partial charge in [0.15, 0.2) is 17.3 Å². The van der Waals surface area contributed by atoms with E-state index in [-0.39, 0.29) is 17.8 Å². The van der Waals surface area contributed by atoms with Gasteiger partial charge in [-0.2, -0.15) is 0 Å². The van der Waals surface area contributed by atoms with Crippen molar-refractivity contribution in [1.82, 2.24) is 0 Å². The molecule has 1 heterocycles. The van der Waals surface area contributed by atoms with Crippen LogP contribution < -0.4 is 10.6 Å². The Morgan fingerprint density at radius 1 is 1.45 bits per heavy atom. The van der Waals surface area contributed by atoms with Crippen LogP contribution in [0.4, 0.5) is 20.2 Å². The molecule has 2 rings (SSSR count). The lowest BCUT2D eigenvalue weighted by atomic mass is 9.96. The average molecular weight is 285 g/mol. The number of halogens is 2. The van der Waals surface area contributed by atoms with Gasteiger partial charge < -0.3 is 10.6 Å². The molecule has 2 atom stereocenters. The number of nitrogens with zero attached hydrogens (tertiary/aromatic N) is 2. The Bertz CT molecular complexity index is 523. The van der Waals surface area contributed by atoms with Gasteiger partial charge in [-0.15, -0.1) is 0 Å². The van der Waals surface area contributed by atoms with Gasteiger partial charge in [-0.25, -0.2) is 8.78 Å². The van der Waals surface area contributed by atoms with Crippen LogP contribution in [-0.2, 0) is 0 Å². The lowest BCUT2D eigenvalue weighted by molar-refractivity contribution is -0.384. The highest BCUT2D eigenvalue weighted by Gasteiger charge is 2.33. The minimum atomic E-state index is -1.17. The first kappa shape index (κ1) is 14.6. The zero-order valence-electron chi connectivity index (χ0n) is 11.2. The number of hydrogen-bond acceptors (Lipinski definition) is 4. The first-order chi connectivity index (χ1) is 9.43. The van der Waals surface area contributed by atoms with Crippen LogP contribution in [0, 0.1) is 21.7 Å². The molecule has 1 aliphatic heterocycles. The van der Waals surface area contributed by atoms with Crippen LogP contribution in [0.1, 0.15) is 26.2 Å². The normalized spacial score (nSPS) is 20.8. The predicted octanol–water partition coefficient (Wildman–Crippen LogP) is 2.58. The molecule has 110 valence electrons. The number of hydrogen-bond donors (Lipinski definition) is 1. The fourth-order valence-corrected chi connectivity index (χ4v) is 2.73. The number of nitrogens with two attached hydrogens (primary N) is 1. The van der Waals surface area contributed by atoms with E-state index in [1.54, 1.807) is 11.8 Å². The van der Waals surface area contributed by atoms with Gasteiger partial charge >= 0.3 is 0 Å². The van der Waals surface area contributed by atoms with Crippen LogP contribution in [0.15, 0.2) is 12.1 Å². The van der Waals surface area contributed by atoms with E-state index >= 15 is 0 Å². The molecule has 1 saturated heterocycles. The van der Waals surface area contributed by atoms with E-state index in [1.165, 1.54) is 0 Å². The van der Waals surface area contributed by atoms with Gasteiger partial charge in [0.25, 0.3) is 5.69 Å². The molecule has 0 radical (unpaired) electrons. The number of piperidine rings is 1. The van der Waals surface area contributed by atoms with Crippen LogP contribution >= 0.6 is 0 Å². The third-order valence-electron chi connectivity index (χ3n) is 3.69. The Morgan fingerprint density at radius 2 is 2.15 bits per heavy atom. The monoisotopic (exact) mass is 285 g/mol. The lowest BCUT2D eigenvalue weighted by Gasteiger charge is -2.39. The number of anilines is 1. The van der Waals surface area contributed by atoms with Crippen molar-refractivity contribution >= 4 is 11.4 Å². The first-order valence-corrected chi connectivity index (χ1v) is 6.58. The maximum atomic E-state index is 14.1. The Labute approximate surface area is 115 Å². The fraction of sp³-hybridized carbons (Fsp3) is 0.538. The predicted molar refractivity (Wildman–Crippen MR) is 71.6 cm³/mol. The molecule has 0 bridgehead atoms. The second-order valence-corrected chi connectivity index (χ2v) is 5.10. The summed E-state index contributed by atoms with van der Waals surface area (Å²) < 4.78 is 27.5. The van der Waals surface area contributed by atoms with Crippen LogP contribution in [-0.4, -0.2) is 23.6 Å². The zero-order valence-corrected chi connectivity index (χ0v) is 11.2. The van der Waals surface area contributed by atoms with Crippen LogP contribution in [0.3, 0.4) is 0 Å². The van der Waals surface area contributed by atoms with E-state index in [0.717, 1.165) is 25.0 Å². The van der Waals surface area contributed by atoms with E-state index in [2.05, 4.69) is 0 Å². The summed E-state index contributed by atoms with van der Waals surface area (Å²) in [4.78, 5) is 11.9. The molecule has 1 fully saturated rings. The summed E-state index contributed by atoms with van der Waals surface area (Å²) in [7, 11) is 0. The van der Waals surface area contributed by atoms with Crippen molar-refractivity contribution in [2.75, 3.05) is 11.4 Å². The van der Waals surface area contributed by atoms with Gasteiger partial charge in [0, 0.05) is 24.7 Å². The zero-order chi connectivity index (χ0) is 14.9. The largest absolute Gasteiger partial charge is 0.359 e. The Hall–Kier alpha value is -1.76. The van der Waals surface area contributed by atoms with E-state index in [9.17, 15) is 18.9 Å². The first-order valence-electron chi connectivity index (χ1n) is 6.58. The molecule has 0 saturated carbocycles. The summed E-state index contributed by atoms with van der Waals surface area (Å²) in [6.07, 6.45) is 2.41. The molecule has 2 unspecified atom stereocenters. The standard InChI is InChI=1S/C13H17F2N3O2/c1-8(16)10-4-2-3-7-17(10)13-11(18(19)20)6-5-9(14)12(13)15/h5-6,8,10H,2-4,7,16H2,1H3. The summed E-state index contributed by atoms with van der Waals surface area (Å²) in [5, 5.41) is 11.1. The molecule has 0 spiro atoms. The van der Waals surface area contributed by atoms with E-state index in [1.807, 2.05) is 0 Å². The molecule has 0 amide bonds. The van der Waals surface area contributed by atoms with Crippen molar-refractivity contribution in [3.05, 3.63) is 33.9 Å². The highest BCUT2D eigenvalue weighted by Crippen LogP contribution is 2.36. The number of nitro groups is 1. The quantitative estimate of drug-likeness (QED) is 0.684. The van der Waals surface area contributed by atoms with E-state index in [4.69, 9.17) is 5.73 Å². The van der Waals surface area contributed by atoms with Crippen LogP contribution in [0.5, 0.6) is 0 Å². The Balaban J connectivity index is 2.54. The number of nitro benzene ring substituents is 1. The number of benzene rings is 1. The van der Waals surface area contributed by atoms with Gasteiger partial charge in [0.1, 0.15) is 0 Å². The third kappa shape index (κ3) is 2.58. The summed E-state index contributed by atoms with van der Waals surface area (Å²) in [6, 6.07) is 1.28.